The first-order chi connectivity index (χ1) is 5.52. The fraction of sp³-hybridized carbons (Fsp3) is 0.667. The molecular formula is C9H18N2Si. The Labute approximate surface area is 76.9 Å². The number of hydrogen-bond donors (Lipinski definition) is 0. The number of hydrogen-bond acceptors (Lipinski definition) is 1. The lowest BCUT2D eigenvalue weighted by atomic mass is 9.99. The summed E-state index contributed by atoms with van der Waals surface area (Å²) in [6, 6.07) is 0. The molecule has 68 valence electrons. The third-order valence-electron chi connectivity index (χ3n) is 2.71. The molecule has 12 heavy (non-hydrogen) atoms. The topological polar surface area (TPSA) is 17.8 Å². The van der Waals surface area contributed by atoms with E-state index in [9.17, 15) is 0 Å². The van der Waals surface area contributed by atoms with Gasteiger partial charge in [0, 0.05) is 12.4 Å². The maximum atomic E-state index is 4.06. The summed E-state index contributed by atoms with van der Waals surface area (Å²) in [5.74, 6) is 0.756. The quantitative estimate of drug-likeness (QED) is 0.650. The van der Waals surface area contributed by atoms with E-state index in [4.69, 9.17) is 0 Å². The van der Waals surface area contributed by atoms with Crippen LogP contribution < -0.4 is 0 Å². The lowest BCUT2D eigenvalue weighted by Crippen LogP contribution is -2.24. The van der Waals surface area contributed by atoms with Crippen molar-refractivity contribution >= 4 is 9.68 Å². The van der Waals surface area contributed by atoms with Crippen LogP contribution in [0.1, 0.15) is 27.7 Å². The average molecular weight is 182 g/mol. The zero-order chi connectivity index (χ0) is 9.19. The van der Waals surface area contributed by atoms with Crippen molar-refractivity contribution in [1.82, 2.24) is 9.22 Å². The van der Waals surface area contributed by atoms with Crippen molar-refractivity contribution in [3.05, 3.63) is 18.7 Å². The van der Waals surface area contributed by atoms with Crippen LogP contribution >= 0.6 is 0 Å². The van der Waals surface area contributed by atoms with E-state index in [0.29, 0.717) is 5.04 Å². The molecule has 0 N–H and O–H groups in total. The predicted octanol–water partition coefficient (Wildman–Crippen LogP) is 1.67. The maximum Gasteiger partial charge on any atom is 0.136 e. The van der Waals surface area contributed by atoms with Crippen LogP contribution in [0.2, 0.25) is 5.04 Å². The first kappa shape index (κ1) is 9.51. The summed E-state index contributed by atoms with van der Waals surface area (Å²) in [5.41, 5.74) is 0. The van der Waals surface area contributed by atoms with E-state index in [1.807, 2.05) is 12.5 Å². The molecule has 0 aliphatic rings. The van der Waals surface area contributed by atoms with Gasteiger partial charge in [-0.25, -0.2) is 4.98 Å². The van der Waals surface area contributed by atoms with Gasteiger partial charge in [-0.05, 0) is 11.0 Å². The largest absolute Gasteiger partial charge is 0.370 e. The Morgan fingerprint density at radius 3 is 2.50 bits per heavy atom. The van der Waals surface area contributed by atoms with Gasteiger partial charge in [0.2, 0.25) is 0 Å². The van der Waals surface area contributed by atoms with Gasteiger partial charge < -0.3 is 4.23 Å². The van der Waals surface area contributed by atoms with Gasteiger partial charge in [-0.3, -0.25) is 0 Å². The number of nitrogens with zero attached hydrogens (tertiary/aromatic N) is 2. The fourth-order valence-electron chi connectivity index (χ4n) is 1.03. The smallest absolute Gasteiger partial charge is 0.136 e. The Kier molecular flexibility index (Phi) is 2.72. The molecule has 0 saturated heterocycles. The van der Waals surface area contributed by atoms with Crippen LogP contribution in [0.3, 0.4) is 0 Å². The van der Waals surface area contributed by atoms with Gasteiger partial charge >= 0.3 is 0 Å². The standard InChI is InChI=1S/C9H18N2Si/c1-8(2)9(3,4)12-11-6-5-10-7-11/h5-8H,12H2,1-4H3. The van der Waals surface area contributed by atoms with Crippen LogP contribution in [0, 0.1) is 5.92 Å². The normalized spacial score (nSPS) is 13.4. The SMILES string of the molecule is CC(C)C(C)(C)[SiH2]n1ccnc1. The van der Waals surface area contributed by atoms with Gasteiger partial charge in [0.25, 0.3) is 0 Å². The minimum absolute atomic E-state index is 0.235. The molecule has 0 fully saturated rings. The highest BCUT2D eigenvalue weighted by Gasteiger charge is 2.23. The number of aromatic nitrogens is 2. The van der Waals surface area contributed by atoms with Crippen molar-refractivity contribution in [1.29, 1.82) is 0 Å². The molecule has 2 nitrogen and oxygen atoms in total. The van der Waals surface area contributed by atoms with E-state index in [1.54, 1.807) is 0 Å². The zero-order valence-corrected chi connectivity index (χ0v) is 9.83. The van der Waals surface area contributed by atoms with Crippen LogP contribution in [0.4, 0.5) is 0 Å². The summed E-state index contributed by atoms with van der Waals surface area (Å²) in [6.45, 7) is 9.29. The highest BCUT2D eigenvalue weighted by molar-refractivity contribution is 6.37. The molecule has 0 radical (unpaired) electrons. The molecular weight excluding hydrogens is 164 g/mol. The monoisotopic (exact) mass is 182 g/mol. The molecule has 0 aliphatic carbocycles. The highest BCUT2D eigenvalue weighted by atomic mass is 28.2. The van der Waals surface area contributed by atoms with Crippen LogP contribution in [0.15, 0.2) is 18.7 Å². The van der Waals surface area contributed by atoms with E-state index < -0.39 is 0 Å². The van der Waals surface area contributed by atoms with Gasteiger partial charge in [0.05, 0.1) is 6.33 Å². The van der Waals surface area contributed by atoms with Crippen molar-refractivity contribution in [2.45, 2.75) is 32.7 Å². The summed E-state index contributed by atoms with van der Waals surface area (Å²) in [6.07, 6.45) is 5.89. The van der Waals surface area contributed by atoms with E-state index in [-0.39, 0.29) is 9.68 Å². The zero-order valence-electron chi connectivity index (χ0n) is 8.41. The van der Waals surface area contributed by atoms with Crippen LogP contribution in [-0.2, 0) is 0 Å². The van der Waals surface area contributed by atoms with Crippen molar-refractivity contribution in [2.24, 2.45) is 5.92 Å². The molecule has 0 saturated carbocycles. The third kappa shape index (κ3) is 2.20. The Morgan fingerprint density at radius 2 is 2.08 bits per heavy atom. The molecule has 1 aromatic heterocycles. The molecule has 1 aromatic rings. The van der Waals surface area contributed by atoms with Gasteiger partial charge in [-0.15, -0.1) is 0 Å². The molecule has 0 unspecified atom stereocenters. The second kappa shape index (κ2) is 3.43. The second-order valence-corrected chi connectivity index (χ2v) is 7.25. The lowest BCUT2D eigenvalue weighted by Gasteiger charge is -2.28. The number of imidazole rings is 1. The number of rotatable bonds is 3. The van der Waals surface area contributed by atoms with Crippen LogP contribution in [0.25, 0.3) is 0 Å². The fourth-order valence-corrected chi connectivity index (χ4v) is 2.72. The highest BCUT2D eigenvalue weighted by Crippen LogP contribution is 2.32. The summed E-state index contributed by atoms with van der Waals surface area (Å²) in [4.78, 5) is 4.06. The maximum absolute atomic E-state index is 4.06. The van der Waals surface area contributed by atoms with E-state index >= 15 is 0 Å². The summed E-state index contributed by atoms with van der Waals surface area (Å²) >= 11 is 0. The Balaban J connectivity index is 2.62. The minimum atomic E-state index is -0.235. The van der Waals surface area contributed by atoms with E-state index in [1.165, 1.54) is 0 Å². The molecule has 0 bridgehead atoms. The Morgan fingerprint density at radius 1 is 1.42 bits per heavy atom. The van der Waals surface area contributed by atoms with E-state index in [2.05, 4.69) is 43.1 Å². The van der Waals surface area contributed by atoms with Gasteiger partial charge in [-0.2, -0.15) is 0 Å². The summed E-state index contributed by atoms with van der Waals surface area (Å²) < 4.78 is 2.28. The lowest BCUT2D eigenvalue weighted by molar-refractivity contribution is 0.469. The molecule has 3 heteroatoms. The van der Waals surface area contributed by atoms with Crippen molar-refractivity contribution in [2.75, 3.05) is 0 Å². The molecule has 0 aliphatic heterocycles. The van der Waals surface area contributed by atoms with Crippen molar-refractivity contribution in [3.63, 3.8) is 0 Å². The second-order valence-electron chi connectivity index (χ2n) is 4.38. The first-order valence-corrected chi connectivity index (χ1v) is 5.82. The molecule has 0 atom stereocenters. The molecule has 0 aromatic carbocycles. The minimum Gasteiger partial charge on any atom is -0.370 e. The summed E-state index contributed by atoms with van der Waals surface area (Å²) in [5, 5.41) is 0.487. The molecule has 0 spiro atoms. The third-order valence-corrected chi connectivity index (χ3v) is 5.08. The van der Waals surface area contributed by atoms with Gasteiger partial charge in [-0.1, -0.05) is 27.7 Å². The molecule has 1 rings (SSSR count). The van der Waals surface area contributed by atoms with Gasteiger partial charge in [0.1, 0.15) is 9.68 Å². The predicted molar refractivity (Wildman–Crippen MR) is 55.0 cm³/mol. The van der Waals surface area contributed by atoms with Crippen molar-refractivity contribution < 1.29 is 0 Å². The van der Waals surface area contributed by atoms with E-state index in [0.717, 1.165) is 5.92 Å². The van der Waals surface area contributed by atoms with Gasteiger partial charge in [0.15, 0.2) is 0 Å². The Hall–Kier alpha value is -0.573. The average Bonchev–Trinajstić information content (AvgIpc) is 2.38. The molecule has 0 amide bonds. The molecule has 1 heterocycles. The van der Waals surface area contributed by atoms with Crippen molar-refractivity contribution in [3.8, 4) is 0 Å². The first-order valence-electron chi connectivity index (χ1n) is 4.48. The Bertz CT molecular complexity index is 227. The van der Waals surface area contributed by atoms with Crippen LogP contribution in [0.5, 0.6) is 0 Å². The summed E-state index contributed by atoms with van der Waals surface area (Å²) in [7, 11) is -0.235. The van der Waals surface area contributed by atoms with Crippen LogP contribution in [-0.4, -0.2) is 18.9 Å².